The number of aromatic nitrogens is 2. The molecule has 0 radical (unpaired) electrons. The number of nitrogens with zero attached hydrogens (tertiary/aromatic N) is 3. The summed E-state index contributed by atoms with van der Waals surface area (Å²) in [7, 11) is 4.46. The second-order valence-electron chi connectivity index (χ2n) is 8.31. The Labute approximate surface area is 228 Å². The van der Waals surface area contributed by atoms with Crippen LogP contribution in [0.25, 0.3) is 0 Å². The van der Waals surface area contributed by atoms with Crippen molar-refractivity contribution in [1.82, 2.24) is 14.3 Å². The minimum absolute atomic E-state index is 0.00682. The number of benzene rings is 2. The van der Waals surface area contributed by atoms with Crippen molar-refractivity contribution in [3.63, 3.8) is 0 Å². The molecule has 1 atom stereocenters. The second kappa shape index (κ2) is 13.7. The summed E-state index contributed by atoms with van der Waals surface area (Å²) < 4.78 is 55.7. The zero-order valence-electron chi connectivity index (χ0n) is 21.9. The number of carbonyl (C=O) groups is 1. The summed E-state index contributed by atoms with van der Waals surface area (Å²) in [5, 5.41) is 5.94. The van der Waals surface area contributed by atoms with Gasteiger partial charge in [0.15, 0.2) is 23.1 Å². The van der Waals surface area contributed by atoms with E-state index in [1.807, 2.05) is 13.0 Å². The van der Waals surface area contributed by atoms with Crippen molar-refractivity contribution in [1.29, 1.82) is 0 Å². The molecule has 1 heterocycles. The third kappa shape index (κ3) is 7.75. The van der Waals surface area contributed by atoms with Crippen LogP contribution >= 0.6 is 0 Å². The average molecular weight is 562 g/mol. The number of hydrogen-bond donors (Lipinski definition) is 3. The van der Waals surface area contributed by atoms with E-state index in [1.165, 1.54) is 25.6 Å². The number of carbonyl (C=O) groups excluding carboxylic acids is 1. The Kier molecular flexibility index (Phi) is 10.4. The van der Waals surface area contributed by atoms with Crippen LogP contribution < -0.4 is 30.6 Å². The molecular weight excluding hydrogens is 531 g/mol. The second-order valence-corrected chi connectivity index (χ2v) is 9.26. The molecule has 0 spiro atoms. The Bertz CT molecular complexity index is 1320. The van der Waals surface area contributed by atoms with Crippen LogP contribution in [-0.2, 0) is 22.6 Å². The van der Waals surface area contributed by atoms with E-state index in [0.717, 1.165) is 11.8 Å². The fourth-order valence-electron chi connectivity index (χ4n) is 3.77. The van der Waals surface area contributed by atoms with Crippen LogP contribution in [0.4, 0.5) is 27.5 Å². The van der Waals surface area contributed by atoms with Crippen molar-refractivity contribution in [3.05, 3.63) is 53.5 Å². The molecule has 0 aliphatic carbocycles. The molecule has 4 N–H and O–H groups in total. The van der Waals surface area contributed by atoms with Crippen molar-refractivity contribution in [2.75, 3.05) is 38.5 Å². The summed E-state index contributed by atoms with van der Waals surface area (Å²) in [6.45, 7) is 1.90. The van der Waals surface area contributed by atoms with Gasteiger partial charge >= 0.3 is 0 Å². The predicted octanol–water partition coefficient (Wildman–Crippen LogP) is 3.30. The molecule has 0 fully saturated rings. The first-order valence-corrected chi connectivity index (χ1v) is 12.8. The number of amides is 1. The third-order valence-corrected chi connectivity index (χ3v) is 6.44. The molecular formula is C25H30FN6O6S-. The number of anilines is 4. The first-order chi connectivity index (χ1) is 18.7. The summed E-state index contributed by atoms with van der Waals surface area (Å²) in [6, 6.07) is 8.54. The SMILES string of the molecule is COc1cc(Nc2ncc(F)c(Nc3cccc(C)c3CN(CCCC(N)=O)S(=O)[O-])n2)cc(OC)c1OC. The van der Waals surface area contributed by atoms with Crippen molar-refractivity contribution in [3.8, 4) is 17.2 Å². The lowest BCUT2D eigenvalue weighted by molar-refractivity contribution is -0.118. The Morgan fingerprint density at radius 3 is 2.44 bits per heavy atom. The van der Waals surface area contributed by atoms with E-state index >= 15 is 0 Å². The Balaban J connectivity index is 1.88. The van der Waals surface area contributed by atoms with Gasteiger partial charge in [0.05, 0.1) is 27.5 Å². The van der Waals surface area contributed by atoms with Gasteiger partial charge in [0.25, 0.3) is 0 Å². The van der Waals surface area contributed by atoms with Gasteiger partial charge in [-0.3, -0.25) is 9.00 Å². The van der Waals surface area contributed by atoms with Crippen LogP contribution in [-0.4, -0.2) is 56.8 Å². The smallest absolute Gasteiger partial charge is 0.229 e. The van der Waals surface area contributed by atoms with Crippen molar-refractivity contribution in [2.45, 2.75) is 26.3 Å². The highest BCUT2D eigenvalue weighted by molar-refractivity contribution is 7.76. The maximum atomic E-state index is 14.8. The maximum Gasteiger partial charge on any atom is 0.229 e. The van der Waals surface area contributed by atoms with Crippen molar-refractivity contribution >= 4 is 40.3 Å². The minimum Gasteiger partial charge on any atom is -0.760 e. The molecule has 39 heavy (non-hydrogen) atoms. The number of rotatable bonds is 14. The molecule has 14 heteroatoms. The fraction of sp³-hybridized carbons (Fsp3) is 0.320. The van der Waals surface area contributed by atoms with Gasteiger partial charge in [-0.25, -0.2) is 13.7 Å². The van der Waals surface area contributed by atoms with Gasteiger partial charge in [-0.2, -0.15) is 4.98 Å². The molecule has 3 aromatic rings. The first kappa shape index (κ1) is 29.5. The maximum absolute atomic E-state index is 14.8. The van der Waals surface area contributed by atoms with Gasteiger partial charge in [-0.1, -0.05) is 12.1 Å². The van der Waals surface area contributed by atoms with E-state index in [4.69, 9.17) is 19.9 Å². The van der Waals surface area contributed by atoms with E-state index in [0.29, 0.717) is 34.2 Å². The number of methoxy groups -OCH3 is 3. The minimum atomic E-state index is -2.56. The molecule has 3 rings (SSSR count). The Hall–Kier alpha value is -4.01. The topological polar surface area (TPSA) is 164 Å². The summed E-state index contributed by atoms with van der Waals surface area (Å²) in [6.07, 6.45) is 1.34. The number of aryl methyl sites for hydroxylation is 1. The number of halogens is 1. The van der Waals surface area contributed by atoms with Gasteiger partial charge in [0.1, 0.15) is 0 Å². The molecule has 0 aliphatic rings. The molecule has 210 valence electrons. The molecule has 1 amide bonds. The van der Waals surface area contributed by atoms with Crippen LogP contribution in [0.5, 0.6) is 17.2 Å². The lowest BCUT2D eigenvalue weighted by Crippen LogP contribution is -2.28. The monoisotopic (exact) mass is 561 g/mol. The average Bonchev–Trinajstić information content (AvgIpc) is 2.90. The van der Waals surface area contributed by atoms with E-state index in [2.05, 4.69) is 20.6 Å². The summed E-state index contributed by atoms with van der Waals surface area (Å²) in [5.41, 5.74) is 7.51. The third-order valence-electron chi connectivity index (χ3n) is 5.70. The van der Waals surface area contributed by atoms with Crippen LogP contribution in [0, 0.1) is 12.7 Å². The first-order valence-electron chi connectivity index (χ1n) is 11.7. The van der Waals surface area contributed by atoms with Gasteiger partial charge in [0.2, 0.25) is 17.6 Å². The number of primary amides is 1. The van der Waals surface area contributed by atoms with Crippen molar-refractivity contribution in [2.24, 2.45) is 5.73 Å². The molecule has 1 unspecified atom stereocenters. The molecule has 0 aliphatic heterocycles. The fourth-order valence-corrected chi connectivity index (χ4v) is 4.28. The summed E-state index contributed by atoms with van der Waals surface area (Å²) >= 11 is -2.56. The Morgan fingerprint density at radius 1 is 1.15 bits per heavy atom. The summed E-state index contributed by atoms with van der Waals surface area (Å²) in [4.78, 5) is 19.3. The number of nitrogens with one attached hydrogen (secondary N) is 2. The molecule has 0 saturated heterocycles. The van der Waals surface area contributed by atoms with Crippen LogP contribution in [0.1, 0.15) is 24.0 Å². The van der Waals surface area contributed by atoms with Gasteiger partial charge in [-0.05, 0) is 30.5 Å². The molecule has 2 aromatic carbocycles. The lowest BCUT2D eigenvalue weighted by atomic mass is 10.1. The van der Waals surface area contributed by atoms with E-state index in [-0.39, 0.29) is 37.7 Å². The van der Waals surface area contributed by atoms with Crippen molar-refractivity contribution < 1.29 is 32.2 Å². The largest absolute Gasteiger partial charge is 0.760 e. The molecule has 1 aromatic heterocycles. The number of hydrogen-bond acceptors (Lipinski definition) is 10. The standard InChI is InChI=1S/C25H31FN6O6S/c1-15-7-5-8-19(17(15)14-32(39(34)35)10-6-9-22(27)33)30-24-18(26)13-28-25(31-24)29-16-11-20(36-2)23(38-4)21(12-16)37-3/h5,7-8,11-13H,6,9-10,14H2,1-4H3,(H2,27,33)(H,34,35)(H2,28,29,30,31)/p-1. The zero-order valence-corrected chi connectivity index (χ0v) is 22.8. The lowest BCUT2D eigenvalue weighted by Gasteiger charge is -2.26. The zero-order chi connectivity index (χ0) is 28.5. The van der Waals surface area contributed by atoms with E-state index < -0.39 is 23.0 Å². The highest BCUT2D eigenvalue weighted by Crippen LogP contribution is 2.40. The van der Waals surface area contributed by atoms with Gasteiger partial charge in [0, 0.05) is 54.3 Å². The molecule has 12 nitrogen and oxygen atoms in total. The van der Waals surface area contributed by atoms with Gasteiger partial charge < -0.3 is 35.1 Å². The highest BCUT2D eigenvalue weighted by Gasteiger charge is 2.17. The van der Waals surface area contributed by atoms with E-state index in [1.54, 1.807) is 24.3 Å². The Morgan fingerprint density at radius 2 is 1.85 bits per heavy atom. The van der Waals surface area contributed by atoms with Crippen LogP contribution in [0.3, 0.4) is 0 Å². The van der Waals surface area contributed by atoms with Gasteiger partial charge in [-0.15, -0.1) is 0 Å². The molecule has 0 saturated carbocycles. The quantitative estimate of drug-likeness (QED) is 0.249. The number of nitrogens with two attached hydrogens (primary N) is 1. The summed E-state index contributed by atoms with van der Waals surface area (Å²) in [5.74, 6) is -0.0709. The highest BCUT2D eigenvalue weighted by atomic mass is 32.2. The van der Waals surface area contributed by atoms with E-state index in [9.17, 15) is 17.9 Å². The molecule has 0 bridgehead atoms. The van der Waals surface area contributed by atoms with Crippen LogP contribution in [0.2, 0.25) is 0 Å². The number of ether oxygens (including phenoxy) is 3. The predicted molar refractivity (Wildman–Crippen MR) is 144 cm³/mol. The van der Waals surface area contributed by atoms with Crippen LogP contribution in [0.15, 0.2) is 36.5 Å². The normalized spacial score (nSPS) is 11.7.